The standard InChI is InChI=1S/C10H16O3/c1-3-13-10(12)9-5-4-8(11)6-7(9)2/h7,9H,3-6H2,1-2H3/t7?,9-/m1/s1. The molecule has 3 heteroatoms. The summed E-state index contributed by atoms with van der Waals surface area (Å²) in [7, 11) is 0. The highest BCUT2D eigenvalue weighted by atomic mass is 16.5. The fourth-order valence-corrected chi connectivity index (χ4v) is 1.80. The van der Waals surface area contributed by atoms with E-state index in [2.05, 4.69) is 0 Å². The molecule has 1 aliphatic rings. The summed E-state index contributed by atoms with van der Waals surface area (Å²) in [5.41, 5.74) is 0. The Bertz CT molecular complexity index is 210. The third kappa shape index (κ3) is 2.54. The van der Waals surface area contributed by atoms with E-state index in [0.29, 0.717) is 25.9 Å². The first-order chi connectivity index (χ1) is 6.15. The quantitative estimate of drug-likeness (QED) is 0.611. The van der Waals surface area contributed by atoms with Gasteiger partial charge in [-0.25, -0.2) is 0 Å². The van der Waals surface area contributed by atoms with Crippen molar-refractivity contribution in [3.05, 3.63) is 0 Å². The molecule has 0 heterocycles. The minimum Gasteiger partial charge on any atom is -0.466 e. The van der Waals surface area contributed by atoms with Crippen LogP contribution in [0.15, 0.2) is 0 Å². The molecule has 1 saturated carbocycles. The van der Waals surface area contributed by atoms with Gasteiger partial charge in [0.05, 0.1) is 12.5 Å². The zero-order valence-electron chi connectivity index (χ0n) is 8.21. The van der Waals surface area contributed by atoms with Crippen molar-refractivity contribution < 1.29 is 14.3 Å². The number of Topliss-reactive ketones (excluding diaryl/α,β-unsaturated/α-hetero) is 1. The molecule has 0 radical (unpaired) electrons. The van der Waals surface area contributed by atoms with Crippen LogP contribution in [0.1, 0.15) is 33.1 Å². The predicted octanol–water partition coefficient (Wildman–Crippen LogP) is 1.55. The van der Waals surface area contributed by atoms with Crippen molar-refractivity contribution in [2.75, 3.05) is 6.61 Å². The number of esters is 1. The third-order valence-corrected chi connectivity index (χ3v) is 2.56. The van der Waals surface area contributed by atoms with Gasteiger partial charge in [0.15, 0.2) is 0 Å². The smallest absolute Gasteiger partial charge is 0.309 e. The Kier molecular flexibility index (Phi) is 3.46. The van der Waals surface area contributed by atoms with E-state index < -0.39 is 0 Å². The van der Waals surface area contributed by atoms with Crippen LogP contribution >= 0.6 is 0 Å². The van der Waals surface area contributed by atoms with Crippen molar-refractivity contribution in [1.82, 2.24) is 0 Å². The van der Waals surface area contributed by atoms with Crippen molar-refractivity contribution in [3.63, 3.8) is 0 Å². The Morgan fingerprint density at radius 1 is 1.62 bits per heavy atom. The lowest BCUT2D eigenvalue weighted by atomic mass is 9.80. The molecule has 0 aliphatic heterocycles. The van der Waals surface area contributed by atoms with Crippen LogP contribution in [0.25, 0.3) is 0 Å². The summed E-state index contributed by atoms with van der Waals surface area (Å²) in [5.74, 6) is 0.230. The van der Waals surface area contributed by atoms with E-state index in [9.17, 15) is 9.59 Å². The summed E-state index contributed by atoms with van der Waals surface area (Å²) >= 11 is 0. The molecule has 3 nitrogen and oxygen atoms in total. The highest BCUT2D eigenvalue weighted by molar-refractivity contribution is 5.82. The number of rotatable bonds is 2. The number of hydrogen-bond acceptors (Lipinski definition) is 3. The number of ether oxygens (including phenoxy) is 1. The predicted molar refractivity (Wildman–Crippen MR) is 48.1 cm³/mol. The molecule has 74 valence electrons. The lowest BCUT2D eigenvalue weighted by Crippen LogP contribution is -2.30. The largest absolute Gasteiger partial charge is 0.466 e. The van der Waals surface area contributed by atoms with Gasteiger partial charge in [0.1, 0.15) is 5.78 Å². The van der Waals surface area contributed by atoms with Gasteiger partial charge in [0.2, 0.25) is 0 Å². The van der Waals surface area contributed by atoms with Gasteiger partial charge < -0.3 is 4.74 Å². The Balaban J connectivity index is 2.50. The number of ketones is 1. The highest BCUT2D eigenvalue weighted by Crippen LogP contribution is 2.28. The second-order valence-corrected chi connectivity index (χ2v) is 3.62. The van der Waals surface area contributed by atoms with E-state index in [0.717, 1.165) is 0 Å². The Labute approximate surface area is 78.5 Å². The first kappa shape index (κ1) is 10.2. The molecule has 0 spiro atoms. The average Bonchev–Trinajstić information content (AvgIpc) is 2.04. The summed E-state index contributed by atoms with van der Waals surface area (Å²) in [6.07, 6.45) is 1.73. The molecule has 0 N–H and O–H groups in total. The van der Waals surface area contributed by atoms with E-state index >= 15 is 0 Å². The molecule has 1 fully saturated rings. The van der Waals surface area contributed by atoms with Crippen molar-refractivity contribution >= 4 is 11.8 Å². The maximum absolute atomic E-state index is 11.4. The molecule has 0 aromatic heterocycles. The summed E-state index contributed by atoms with van der Waals surface area (Å²) in [4.78, 5) is 22.4. The molecule has 1 unspecified atom stereocenters. The van der Waals surface area contributed by atoms with Gasteiger partial charge in [-0.3, -0.25) is 9.59 Å². The molecule has 0 amide bonds. The van der Waals surface area contributed by atoms with Crippen LogP contribution in [0.5, 0.6) is 0 Å². The number of carbonyl (C=O) groups excluding carboxylic acids is 2. The van der Waals surface area contributed by atoms with Crippen LogP contribution in [-0.2, 0) is 14.3 Å². The molecule has 1 rings (SSSR count). The molecule has 0 saturated heterocycles. The van der Waals surface area contributed by atoms with Crippen molar-refractivity contribution in [2.24, 2.45) is 11.8 Å². The minimum absolute atomic E-state index is 0.0577. The van der Waals surface area contributed by atoms with Gasteiger partial charge in [0, 0.05) is 12.8 Å². The van der Waals surface area contributed by atoms with Crippen LogP contribution < -0.4 is 0 Å². The second-order valence-electron chi connectivity index (χ2n) is 3.62. The summed E-state index contributed by atoms with van der Waals surface area (Å²) in [6.45, 7) is 4.17. The van der Waals surface area contributed by atoms with Crippen LogP contribution in [0, 0.1) is 11.8 Å². The Hall–Kier alpha value is -0.860. The first-order valence-corrected chi connectivity index (χ1v) is 4.83. The molecule has 1 aliphatic carbocycles. The summed E-state index contributed by atoms with van der Waals surface area (Å²) < 4.78 is 4.94. The molecule has 0 bridgehead atoms. The van der Waals surface area contributed by atoms with Crippen LogP contribution in [-0.4, -0.2) is 18.4 Å². The number of carbonyl (C=O) groups is 2. The lowest BCUT2D eigenvalue weighted by Gasteiger charge is -2.25. The topological polar surface area (TPSA) is 43.4 Å². The average molecular weight is 184 g/mol. The van der Waals surface area contributed by atoms with Gasteiger partial charge in [-0.1, -0.05) is 6.92 Å². The molecular weight excluding hydrogens is 168 g/mol. The van der Waals surface area contributed by atoms with Gasteiger partial charge in [-0.15, -0.1) is 0 Å². The molecule has 0 aromatic carbocycles. The first-order valence-electron chi connectivity index (χ1n) is 4.83. The molecule has 0 aromatic rings. The van der Waals surface area contributed by atoms with Crippen LogP contribution in [0.4, 0.5) is 0 Å². The van der Waals surface area contributed by atoms with Crippen LogP contribution in [0.3, 0.4) is 0 Å². The van der Waals surface area contributed by atoms with E-state index in [1.54, 1.807) is 6.92 Å². The monoisotopic (exact) mass is 184 g/mol. The van der Waals surface area contributed by atoms with Gasteiger partial charge in [0.25, 0.3) is 0 Å². The normalized spacial score (nSPS) is 28.6. The van der Waals surface area contributed by atoms with Crippen molar-refractivity contribution in [3.8, 4) is 0 Å². The fraction of sp³-hybridized carbons (Fsp3) is 0.800. The van der Waals surface area contributed by atoms with Gasteiger partial charge >= 0.3 is 5.97 Å². The van der Waals surface area contributed by atoms with E-state index in [4.69, 9.17) is 4.74 Å². The summed E-state index contributed by atoms with van der Waals surface area (Å²) in [5, 5.41) is 0. The lowest BCUT2D eigenvalue weighted by molar-refractivity contribution is -0.151. The van der Waals surface area contributed by atoms with Crippen LogP contribution in [0.2, 0.25) is 0 Å². The third-order valence-electron chi connectivity index (χ3n) is 2.56. The molecule has 13 heavy (non-hydrogen) atoms. The zero-order chi connectivity index (χ0) is 9.84. The molecular formula is C10H16O3. The highest BCUT2D eigenvalue weighted by Gasteiger charge is 2.32. The SMILES string of the molecule is CCOC(=O)[C@@H]1CCC(=O)CC1C. The minimum atomic E-state index is -0.137. The Morgan fingerprint density at radius 2 is 2.31 bits per heavy atom. The fourth-order valence-electron chi connectivity index (χ4n) is 1.80. The molecule has 2 atom stereocenters. The maximum atomic E-state index is 11.4. The van der Waals surface area contributed by atoms with E-state index in [-0.39, 0.29) is 23.6 Å². The maximum Gasteiger partial charge on any atom is 0.309 e. The number of hydrogen-bond donors (Lipinski definition) is 0. The van der Waals surface area contributed by atoms with Gasteiger partial charge in [-0.2, -0.15) is 0 Å². The van der Waals surface area contributed by atoms with Crippen molar-refractivity contribution in [2.45, 2.75) is 33.1 Å². The van der Waals surface area contributed by atoms with E-state index in [1.165, 1.54) is 0 Å². The van der Waals surface area contributed by atoms with Crippen molar-refractivity contribution in [1.29, 1.82) is 0 Å². The summed E-state index contributed by atoms with van der Waals surface area (Å²) in [6, 6.07) is 0. The second kappa shape index (κ2) is 4.40. The van der Waals surface area contributed by atoms with E-state index in [1.807, 2.05) is 6.92 Å². The Morgan fingerprint density at radius 3 is 2.85 bits per heavy atom. The zero-order valence-corrected chi connectivity index (χ0v) is 8.21. The van der Waals surface area contributed by atoms with Gasteiger partial charge in [-0.05, 0) is 19.3 Å².